The van der Waals surface area contributed by atoms with Gasteiger partial charge in [-0.15, -0.1) is 13.2 Å². The third-order valence-corrected chi connectivity index (χ3v) is 7.00. The number of hydrogen-bond donors (Lipinski definition) is 3. The van der Waals surface area contributed by atoms with Gasteiger partial charge in [0.2, 0.25) is 17.6 Å². The number of ether oxygens (including phenoxy) is 1. The predicted molar refractivity (Wildman–Crippen MR) is 166 cm³/mol. The second-order valence-corrected chi connectivity index (χ2v) is 11.9. The van der Waals surface area contributed by atoms with Crippen molar-refractivity contribution >= 4 is 29.6 Å². The molecule has 1 aromatic rings. The molecule has 1 unspecified atom stereocenters. The Labute approximate surface area is 255 Å². The molecule has 3 atom stereocenters. The van der Waals surface area contributed by atoms with Gasteiger partial charge in [0.25, 0.3) is 5.91 Å². The zero-order chi connectivity index (χ0) is 32.2. The third kappa shape index (κ3) is 10.4. The fourth-order valence-electron chi connectivity index (χ4n) is 5.20. The van der Waals surface area contributed by atoms with E-state index in [0.29, 0.717) is 32.2 Å². The predicted octanol–water partition coefficient (Wildman–Crippen LogP) is 3.63. The molecule has 1 aromatic carbocycles. The van der Waals surface area contributed by atoms with Gasteiger partial charge in [0, 0.05) is 13.1 Å². The molecular weight excluding hydrogens is 548 g/mol. The Kier molecular flexibility index (Phi) is 13.6. The molecule has 1 heterocycles. The lowest BCUT2D eigenvalue weighted by molar-refractivity contribution is -0.143. The number of carbonyl (C=O) groups is 5. The van der Waals surface area contributed by atoms with Crippen molar-refractivity contribution in [3.63, 3.8) is 0 Å². The zero-order valence-corrected chi connectivity index (χ0v) is 26.2. The Bertz CT molecular complexity index is 1150. The van der Waals surface area contributed by atoms with Crippen LogP contribution in [0.15, 0.2) is 49.6 Å². The molecule has 1 fully saturated rings. The molecule has 3 N–H and O–H groups in total. The van der Waals surface area contributed by atoms with Gasteiger partial charge in [0.15, 0.2) is 0 Å². The second kappa shape index (κ2) is 16.6. The van der Waals surface area contributed by atoms with Crippen molar-refractivity contribution in [2.24, 2.45) is 5.92 Å². The van der Waals surface area contributed by atoms with E-state index in [0.717, 1.165) is 11.1 Å². The molecule has 0 aromatic heterocycles. The summed E-state index contributed by atoms with van der Waals surface area (Å²) in [4.78, 5) is 66.5. The van der Waals surface area contributed by atoms with E-state index in [4.69, 9.17) is 4.74 Å². The van der Waals surface area contributed by atoms with Crippen molar-refractivity contribution < 1.29 is 28.7 Å². The van der Waals surface area contributed by atoms with Gasteiger partial charge >= 0.3 is 6.09 Å². The minimum atomic E-state index is -1.12. The van der Waals surface area contributed by atoms with Crippen LogP contribution in [0.4, 0.5) is 4.79 Å². The van der Waals surface area contributed by atoms with Crippen LogP contribution >= 0.6 is 0 Å². The number of alkyl carbamates (subject to hydrolysis) is 1. The first-order chi connectivity index (χ1) is 20.4. The second-order valence-electron chi connectivity index (χ2n) is 11.9. The maximum Gasteiger partial charge on any atom is 0.408 e. The number of rotatable bonds is 11. The van der Waals surface area contributed by atoms with Gasteiger partial charge in [0.05, 0.1) is 0 Å². The SMILES string of the molecule is C=CCNC(=O)C(=O)C(CC=C)NC(=O)[C@@H]1CCCN1C(=O)[C@@H](NC(=O)OC(C)(C)C)C1Cc2ccccc2C1.CCC. The Morgan fingerprint density at radius 2 is 1.63 bits per heavy atom. The molecule has 10 nitrogen and oxygen atoms in total. The fourth-order valence-corrected chi connectivity index (χ4v) is 5.20. The molecule has 1 saturated heterocycles. The molecule has 4 amide bonds. The highest BCUT2D eigenvalue weighted by Crippen LogP contribution is 2.31. The number of likely N-dealkylation sites (tertiary alicyclic amines) is 1. The summed E-state index contributed by atoms with van der Waals surface area (Å²) in [5.74, 6) is -2.77. The molecule has 3 rings (SSSR count). The van der Waals surface area contributed by atoms with Gasteiger partial charge in [0.1, 0.15) is 23.7 Å². The van der Waals surface area contributed by atoms with Crippen molar-refractivity contribution in [2.45, 2.75) is 96.9 Å². The minimum Gasteiger partial charge on any atom is -0.444 e. The summed E-state index contributed by atoms with van der Waals surface area (Å²) < 4.78 is 5.46. The van der Waals surface area contributed by atoms with Crippen molar-refractivity contribution in [3.05, 3.63) is 60.7 Å². The Morgan fingerprint density at radius 1 is 1.02 bits per heavy atom. The van der Waals surface area contributed by atoms with Crippen LogP contribution in [0.1, 0.15) is 71.4 Å². The number of hydrogen-bond acceptors (Lipinski definition) is 6. The summed E-state index contributed by atoms with van der Waals surface area (Å²) in [6.07, 6.45) is 5.65. The monoisotopic (exact) mass is 596 g/mol. The minimum absolute atomic E-state index is 0.0515. The number of benzene rings is 1. The van der Waals surface area contributed by atoms with Crippen LogP contribution in [-0.2, 0) is 36.8 Å². The van der Waals surface area contributed by atoms with Crippen molar-refractivity contribution in [3.8, 4) is 0 Å². The van der Waals surface area contributed by atoms with E-state index in [1.807, 2.05) is 24.3 Å². The molecule has 1 aliphatic heterocycles. The number of ketones is 1. The van der Waals surface area contributed by atoms with Crippen LogP contribution in [0.2, 0.25) is 0 Å². The van der Waals surface area contributed by atoms with Gasteiger partial charge < -0.3 is 25.6 Å². The summed E-state index contributed by atoms with van der Waals surface area (Å²) in [7, 11) is 0. The van der Waals surface area contributed by atoms with Crippen molar-refractivity contribution in [1.29, 1.82) is 0 Å². The summed E-state index contributed by atoms with van der Waals surface area (Å²) in [6.45, 7) is 17.0. The van der Waals surface area contributed by atoms with Crippen LogP contribution in [0.25, 0.3) is 0 Å². The maximum atomic E-state index is 14.0. The van der Waals surface area contributed by atoms with E-state index >= 15 is 0 Å². The molecule has 10 heteroatoms. The molecule has 236 valence electrons. The summed E-state index contributed by atoms with van der Waals surface area (Å²) in [6, 6.07) is 5.03. The lowest BCUT2D eigenvalue weighted by atomic mass is 9.95. The van der Waals surface area contributed by atoms with Crippen LogP contribution in [0, 0.1) is 5.92 Å². The van der Waals surface area contributed by atoms with Gasteiger partial charge in [-0.3, -0.25) is 19.2 Å². The van der Waals surface area contributed by atoms with Gasteiger partial charge in [-0.05, 0) is 69.9 Å². The first-order valence-electron chi connectivity index (χ1n) is 15.1. The zero-order valence-electron chi connectivity index (χ0n) is 26.2. The molecule has 2 aliphatic rings. The highest BCUT2D eigenvalue weighted by Gasteiger charge is 2.43. The van der Waals surface area contributed by atoms with Crippen LogP contribution in [0.3, 0.4) is 0 Å². The molecule has 0 radical (unpaired) electrons. The molecule has 0 saturated carbocycles. The van der Waals surface area contributed by atoms with Gasteiger partial charge in [-0.25, -0.2) is 4.79 Å². The molecular formula is C33H48N4O6. The molecule has 0 spiro atoms. The first kappa shape index (κ1) is 35.2. The van der Waals surface area contributed by atoms with E-state index in [1.54, 1.807) is 20.8 Å². The average Bonchev–Trinajstić information content (AvgIpc) is 3.61. The Morgan fingerprint density at radius 3 is 2.16 bits per heavy atom. The molecule has 1 aliphatic carbocycles. The normalized spacial score (nSPS) is 17.3. The first-order valence-corrected chi connectivity index (χ1v) is 15.1. The largest absolute Gasteiger partial charge is 0.444 e. The van der Waals surface area contributed by atoms with E-state index < -0.39 is 47.4 Å². The third-order valence-electron chi connectivity index (χ3n) is 7.00. The van der Waals surface area contributed by atoms with Crippen LogP contribution in [-0.4, -0.2) is 71.3 Å². The lowest BCUT2D eigenvalue weighted by Crippen LogP contribution is -2.58. The molecule has 43 heavy (non-hydrogen) atoms. The van der Waals surface area contributed by atoms with Gasteiger partial charge in [-0.1, -0.05) is 56.7 Å². The smallest absolute Gasteiger partial charge is 0.408 e. The van der Waals surface area contributed by atoms with Gasteiger partial charge in [-0.2, -0.15) is 0 Å². The van der Waals surface area contributed by atoms with Crippen molar-refractivity contribution in [2.75, 3.05) is 13.1 Å². The highest BCUT2D eigenvalue weighted by atomic mass is 16.6. The highest BCUT2D eigenvalue weighted by molar-refractivity contribution is 6.38. The van der Waals surface area contributed by atoms with E-state index in [9.17, 15) is 24.0 Å². The lowest BCUT2D eigenvalue weighted by Gasteiger charge is -2.32. The summed E-state index contributed by atoms with van der Waals surface area (Å²) >= 11 is 0. The number of amides is 4. The quantitative estimate of drug-likeness (QED) is 0.264. The standard InChI is InChI=1S/C30H40N4O6.C3H8/c1-6-11-22(25(35)27(37)31-15-7-2)32-26(36)23-14-10-16-34(23)28(38)24(33-29(39)40-30(3,4)5)21-17-19-12-8-9-13-20(19)18-21;1-3-2/h6-9,12-13,21-24H,1-2,10-11,14-18H2,3-5H3,(H,31,37)(H,32,36)(H,33,39);3H2,1-2H3/t22?,23-,24-;/m0./s1. The fraction of sp³-hybridized carbons (Fsp3) is 0.545. The topological polar surface area (TPSA) is 134 Å². The Hall–Kier alpha value is -3.95. The summed E-state index contributed by atoms with van der Waals surface area (Å²) in [5.41, 5.74) is 1.48. The number of nitrogens with zero attached hydrogens (tertiary/aromatic N) is 1. The number of Topliss-reactive ketones (excluding diaryl/α,β-unsaturated/α-hetero) is 1. The maximum absolute atomic E-state index is 14.0. The van der Waals surface area contributed by atoms with Crippen LogP contribution in [0.5, 0.6) is 0 Å². The Balaban J connectivity index is 0.00000206. The van der Waals surface area contributed by atoms with Crippen LogP contribution < -0.4 is 16.0 Å². The van der Waals surface area contributed by atoms with E-state index in [-0.39, 0.29) is 24.8 Å². The van der Waals surface area contributed by atoms with E-state index in [2.05, 4.69) is 43.0 Å². The average molecular weight is 597 g/mol. The number of carbonyl (C=O) groups excluding carboxylic acids is 5. The van der Waals surface area contributed by atoms with Crippen molar-refractivity contribution in [1.82, 2.24) is 20.9 Å². The van der Waals surface area contributed by atoms with E-state index in [1.165, 1.54) is 23.5 Å². The number of nitrogens with one attached hydrogen (secondary N) is 3. The summed E-state index contributed by atoms with van der Waals surface area (Å²) in [5, 5.41) is 7.85. The molecule has 0 bridgehead atoms. The number of fused-ring (bicyclic) bond motifs is 1.